The number of amides is 1. The van der Waals surface area contributed by atoms with Gasteiger partial charge >= 0.3 is 0 Å². The highest BCUT2D eigenvalue weighted by atomic mass is 79.9. The van der Waals surface area contributed by atoms with E-state index in [1.807, 2.05) is 0 Å². The molecule has 0 spiro atoms. The van der Waals surface area contributed by atoms with Crippen molar-refractivity contribution in [2.75, 3.05) is 6.54 Å². The number of carbonyl (C=O) groups is 1. The zero-order valence-corrected chi connectivity index (χ0v) is 14.9. The summed E-state index contributed by atoms with van der Waals surface area (Å²) in [7, 11) is -4.19. The van der Waals surface area contributed by atoms with Crippen molar-refractivity contribution in [1.29, 1.82) is 0 Å². The van der Waals surface area contributed by atoms with Crippen LogP contribution in [0.1, 0.15) is 0 Å². The summed E-state index contributed by atoms with van der Waals surface area (Å²) < 4.78 is 30.1. The predicted octanol–water partition coefficient (Wildman–Crippen LogP) is 2.39. The fourth-order valence-corrected chi connectivity index (χ4v) is 2.78. The van der Waals surface area contributed by atoms with Gasteiger partial charge in [0, 0.05) is 5.39 Å². The SMILES string of the molecule is O=C1NCC1(Br)Br.O=S(=O)(O)c1ccc2c(O)cccc2c1. The van der Waals surface area contributed by atoms with Crippen molar-refractivity contribution in [3.8, 4) is 5.75 Å². The number of rotatable bonds is 1. The number of fused-ring (bicyclic) bond motifs is 1. The van der Waals surface area contributed by atoms with Crippen LogP contribution in [-0.2, 0) is 14.9 Å². The van der Waals surface area contributed by atoms with Crippen LogP contribution < -0.4 is 5.32 Å². The predicted molar refractivity (Wildman–Crippen MR) is 89.0 cm³/mol. The number of nitrogens with one attached hydrogen (secondary N) is 1. The Kier molecular flexibility index (Phi) is 4.81. The molecule has 1 aliphatic rings. The number of phenols is 1. The minimum atomic E-state index is -4.19. The summed E-state index contributed by atoms with van der Waals surface area (Å²) in [5.74, 6) is 0.0851. The number of alkyl halides is 2. The molecule has 1 amide bonds. The van der Waals surface area contributed by atoms with Gasteiger partial charge in [0.05, 0.1) is 11.4 Å². The highest BCUT2D eigenvalue weighted by molar-refractivity contribution is 9.26. The normalized spacial score (nSPS) is 16.2. The summed E-state index contributed by atoms with van der Waals surface area (Å²) in [6, 6.07) is 8.78. The van der Waals surface area contributed by atoms with Crippen LogP contribution in [0.25, 0.3) is 10.8 Å². The van der Waals surface area contributed by atoms with Gasteiger partial charge in [-0.05, 0) is 29.7 Å². The van der Waals surface area contributed by atoms with E-state index in [-0.39, 0.29) is 16.6 Å². The first-order chi connectivity index (χ1) is 10.1. The Hall–Kier alpha value is -1.16. The lowest BCUT2D eigenvalue weighted by Gasteiger charge is -2.29. The first-order valence-electron chi connectivity index (χ1n) is 5.96. The summed E-state index contributed by atoms with van der Waals surface area (Å²) in [6.07, 6.45) is 0. The molecule has 2 aromatic carbocycles. The number of halogens is 2. The Morgan fingerprint density at radius 2 is 1.82 bits per heavy atom. The van der Waals surface area contributed by atoms with Crippen molar-refractivity contribution in [1.82, 2.24) is 5.32 Å². The van der Waals surface area contributed by atoms with Gasteiger partial charge in [-0.1, -0.05) is 44.0 Å². The van der Waals surface area contributed by atoms with Crippen molar-refractivity contribution < 1.29 is 22.9 Å². The number of hydrogen-bond acceptors (Lipinski definition) is 4. The molecule has 6 nitrogen and oxygen atoms in total. The third-order valence-electron chi connectivity index (χ3n) is 2.93. The summed E-state index contributed by atoms with van der Waals surface area (Å²) >= 11 is 6.27. The van der Waals surface area contributed by atoms with E-state index < -0.39 is 13.4 Å². The van der Waals surface area contributed by atoms with Crippen molar-refractivity contribution in [3.05, 3.63) is 36.4 Å². The summed E-state index contributed by atoms with van der Waals surface area (Å²) in [6.45, 7) is 0.672. The van der Waals surface area contributed by atoms with Gasteiger partial charge in [-0.2, -0.15) is 8.42 Å². The van der Waals surface area contributed by atoms with E-state index in [1.165, 1.54) is 24.3 Å². The fraction of sp³-hybridized carbons (Fsp3) is 0.154. The molecule has 0 atom stereocenters. The van der Waals surface area contributed by atoms with Crippen LogP contribution in [0, 0.1) is 0 Å². The molecule has 9 heteroatoms. The standard InChI is InChI=1S/C10H8O4S.C3H3Br2NO/c11-10-3-1-2-7-6-8(15(12,13)14)4-5-9(7)10;4-3(5)1-6-2(3)7/h1-6,11H,(H,12,13,14);1H2,(H,6,7). The molecule has 0 aliphatic carbocycles. The van der Waals surface area contributed by atoms with E-state index in [1.54, 1.807) is 12.1 Å². The average Bonchev–Trinajstić information content (AvgIpc) is 2.45. The first kappa shape index (κ1) is 17.2. The number of aromatic hydroxyl groups is 1. The molecular formula is C13H11Br2NO5S. The maximum absolute atomic E-state index is 10.9. The molecule has 3 rings (SSSR count). The molecular weight excluding hydrogens is 442 g/mol. The zero-order valence-electron chi connectivity index (χ0n) is 11.0. The lowest BCUT2D eigenvalue weighted by molar-refractivity contribution is -0.125. The second-order valence-electron chi connectivity index (χ2n) is 4.52. The minimum absolute atomic E-state index is 0.00694. The highest BCUT2D eigenvalue weighted by Crippen LogP contribution is 2.30. The third-order valence-corrected chi connectivity index (χ3v) is 5.06. The second-order valence-corrected chi connectivity index (χ2v) is 9.72. The Morgan fingerprint density at radius 1 is 1.18 bits per heavy atom. The molecule has 2 aromatic rings. The topological polar surface area (TPSA) is 104 Å². The van der Waals surface area contributed by atoms with Gasteiger partial charge in [-0.3, -0.25) is 9.35 Å². The number of hydrogen-bond donors (Lipinski definition) is 3. The quantitative estimate of drug-likeness (QED) is 0.350. The Bertz CT molecular complexity index is 835. The molecule has 1 aliphatic heterocycles. The van der Waals surface area contributed by atoms with Gasteiger partial charge in [0.15, 0.2) is 3.23 Å². The van der Waals surface area contributed by atoms with E-state index in [0.29, 0.717) is 17.3 Å². The van der Waals surface area contributed by atoms with Crippen LogP contribution >= 0.6 is 31.9 Å². The molecule has 0 bridgehead atoms. The zero-order chi connectivity index (χ0) is 16.5. The Morgan fingerprint density at radius 3 is 2.27 bits per heavy atom. The molecule has 118 valence electrons. The number of β-lactam (4-membered cyclic amide) rings is 1. The van der Waals surface area contributed by atoms with Gasteiger partial charge in [0.25, 0.3) is 10.1 Å². The van der Waals surface area contributed by atoms with Crippen LogP contribution in [0.4, 0.5) is 0 Å². The van der Waals surface area contributed by atoms with Gasteiger partial charge < -0.3 is 10.4 Å². The Labute approximate surface area is 143 Å². The average molecular weight is 453 g/mol. The molecule has 0 radical (unpaired) electrons. The lowest BCUT2D eigenvalue weighted by Crippen LogP contribution is -2.56. The number of phenolic OH excluding ortho intramolecular Hbond substituents is 1. The minimum Gasteiger partial charge on any atom is -0.507 e. The molecule has 22 heavy (non-hydrogen) atoms. The van der Waals surface area contributed by atoms with Crippen molar-refractivity contribution in [2.45, 2.75) is 8.13 Å². The lowest BCUT2D eigenvalue weighted by atomic mass is 10.1. The number of benzene rings is 2. The highest BCUT2D eigenvalue weighted by Gasteiger charge is 2.40. The molecule has 0 aromatic heterocycles. The molecule has 0 unspecified atom stereocenters. The first-order valence-corrected chi connectivity index (χ1v) is 8.99. The van der Waals surface area contributed by atoms with Gasteiger partial charge in [0.2, 0.25) is 5.91 Å². The monoisotopic (exact) mass is 451 g/mol. The van der Waals surface area contributed by atoms with Crippen LogP contribution in [-0.4, -0.2) is 33.8 Å². The van der Waals surface area contributed by atoms with Gasteiger partial charge in [0.1, 0.15) is 5.75 Å². The van der Waals surface area contributed by atoms with Crippen molar-refractivity contribution in [2.24, 2.45) is 0 Å². The summed E-state index contributed by atoms with van der Waals surface area (Å²) in [5, 5.41) is 13.1. The molecule has 1 heterocycles. The maximum atomic E-state index is 10.9. The number of carbonyl (C=O) groups excluding carboxylic acids is 1. The van der Waals surface area contributed by atoms with E-state index in [2.05, 4.69) is 37.2 Å². The Balaban J connectivity index is 0.000000211. The molecule has 0 saturated carbocycles. The van der Waals surface area contributed by atoms with Gasteiger partial charge in [-0.15, -0.1) is 0 Å². The smallest absolute Gasteiger partial charge is 0.294 e. The van der Waals surface area contributed by atoms with Crippen LogP contribution in [0.3, 0.4) is 0 Å². The van der Waals surface area contributed by atoms with E-state index >= 15 is 0 Å². The largest absolute Gasteiger partial charge is 0.507 e. The molecule has 1 saturated heterocycles. The summed E-state index contributed by atoms with van der Waals surface area (Å²) in [4.78, 5) is 10.2. The van der Waals surface area contributed by atoms with Gasteiger partial charge in [-0.25, -0.2) is 0 Å². The van der Waals surface area contributed by atoms with Crippen molar-refractivity contribution >= 4 is 58.7 Å². The fourth-order valence-electron chi connectivity index (χ4n) is 1.70. The maximum Gasteiger partial charge on any atom is 0.294 e. The van der Waals surface area contributed by atoms with Crippen LogP contribution in [0.2, 0.25) is 0 Å². The summed E-state index contributed by atoms with van der Waals surface area (Å²) in [5.41, 5.74) is 0. The molecule has 3 N–H and O–H groups in total. The van der Waals surface area contributed by atoms with E-state index in [9.17, 15) is 18.3 Å². The van der Waals surface area contributed by atoms with Crippen LogP contribution in [0.15, 0.2) is 41.3 Å². The molecule has 1 fully saturated rings. The van der Waals surface area contributed by atoms with E-state index in [4.69, 9.17) is 4.55 Å². The third kappa shape index (κ3) is 3.78. The van der Waals surface area contributed by atoms with E-state index in [0.717, 1.165) is 0 Å². The second kappa shape index (κ2) is 6.15. The van der Waals surface area contributed by atoms with Crippen molar-refractivity contribution in [3.63, 3.8) is 0 Å². The van der Waals surface area contributed by atoms with Crippen LogP contribution in [0.5, 0.6) is 5.75 Å².